The number of rotatable bonds is 10. The van der Waals surface area contributed by atoms with Crippen molar-refractivity contribution < 1.29 is 4.74 Å². The van der Waals surface area contributed by atoms with E-state index in [1.165, 1.54) is 44.9 Å². The Morgan fingerprint density at radius 3 is 2.43 bits per heavy atom. The normalized spacial score (nSPS) is 12.7. The maximum absolute atomic E-state index is 5.69. The third-order valence-corrected chi connectivity index (χ3v) is 2.44. The Balaban J connectivity index is 3.45. The molecule has 0 aliphatic carbocycles. The first-order valence-electron chi connectivity index (χ1n) is 6.07. The molecule has 0 aromatic heterocycles. The highest BCUT2D eigenvalue weighted by Gasteiger charge is 2.06. The van der Waals surface area contributed by atoms with Crippen molar-refractivity contribution in [1.29, 1.82) is 0 Å². The molecule has 84 valence electrons. The molecule has 0 radical (unpaired) electrons. The summed E-state index contributed by atoms with van der Waals surface area (Å²) in [6.45, 7) is 8.85. The second-order valence-corrected chi connectivity index (χ2v) is 3.88. The van der Waals surface area contributed by atoms with Crippen molar-refractivity contribution in [1.82, 2.24) is 0 Å². The van der Waals surface area contributed by atoms with Gasteiger partial charge in [0.05, 0.1) is 12.7 Å². The van der Waals surface area contributed by atoms with Crippen molar-refractivity contribution in [3.63, 3.8) is 0 Å². The van der Waals surface area contributed by atoms with Gasteiger partial charge in [-0.15, -0.1) is 6.58 Å². The lowest BCUT2D eigenvalue weighted by molar-refractivity contribution is 0.0589. The lowest BCUT2D eigenvalue weighted by atomic mass is 10.1. The topological polar surface area (TPSA) is 9.23 Å². The molecule has 0 bridgehead atoms. The molecule has 0 N–H and O–H groups in total. The molecule has 1 unspecified atom stereocenters. The minimum Gasteiger partial charge on any atom is -0.374 e. The maximum atomic E-state index is 5.69. The van der Waals surface area contributed by atoms with Crippen LogP contribution in [0.15, 0.2) is 12.7 Å². The van der Waals surface area contributed by atoms with E-state index in [9.17, 15) is 0 Å². The van der Waals surface area contributed by atoms with Gasteiger partial charge in [-0.3, -0.25) is 0 Å². The zero-order chi connectivity index (χ0) is 10.6. The molecule has 0 aromatic rings. The summed E-state index contributed by atoms with van der Waals surface area (Å²) in [6.07, 6.45) is 11.3. The van der Waals surface area contributed by atoms with Crippen LogP contribution in [0.4, 0.5) is 0 Å². The van der Waals surface area contributed by atoms with Gasteiger partial charge in [-0.05, 0) is 12.8 Å². The second-order valence-electron chi connectivity index (χ2n) is 3.88. The summed E-state index contributed by atoms with van der Waals surface area (Å²) in [4.78, 5) is 0. The van der Waals surface area contributed by atoms with Crippen LogP contribution in [0.3, 0.4) is 0 Å². The van der Waals surface area contributed by atoms with E-state index in [0.717, 1.165) is 0 Å². The lowest BCUT2D eigenvalue weighted by Gasteiger charge is -2.15. The van der Waals surface area contributed by atoms with E-state index >= 15 is 0 Å². The summed E-state index contributed by atoms with van der Waals surface area (Å²) in [5.41, 5.74) is 0. The monoisotopic (exact) mass is 198 g/mol. The standard InChI is InChI=1S/C13H26O/c1-4-7-8-9-11-13(10-5-2)14-12-6-3/h6,13H,3-5,7-12H2,1-2H3. The Morgan fingerprint density at radius 1 is 1.07 bits per heavy atom. The maximum Gasteiger partial charge on any atom is 0.0648 e. The van der Waals surface area contributed by atoms with E-state index in [1.54, 1.807) is 0 Å². The first kappa shape index (κ1) is 13.7. The minimum absolute atomic E-state index is 0.467. The van der Waals surface area contributed by atoms with Crippen LogP contribution in [-0.4, -0.2) is 12.7 Å². The molecule has 0 amide bonds. The zero-order valence-electron chi connectivity index (χ0n) is 9.93. The van der Waals surface area contributed by atoms with E-state index in [1.807, 2.05) is 6.08 Å². The quantitative estimate of drug-likeness (QED) is 0.375. The highest BCUT2D eigenvalue weighted by molar-refractivity contribution is 4.67. The van der Waals surface area contributed by atoms with Crippen LogP contribution in [0.5, 0.6) is 0 Å². The Labute approximate surface area is 89.5 Å². The van der Waals surface area contributed by atoms with Crippen molar-refractivity contribution in [3.8, 4) is 0 Å². The van der Waals surface area contributed by atoms with Crippen molar-refractivity contribution in [2.75, 3.05) is 6.61 Å². The molecule has 1 atom stereocenters. The average Bonchev–Trinajstić information content (AvgIpc) is 2.20. The Hall–Kier alpha value is -0.300. The fraction of sp³-hybridized carbons (Fsp3) is 0.846. The lowest BCUT2D eigenvalue weighted by Crippen LogP contribution is -2.12. The van der Waals surface area contributed by atoms with Crippen LogP contribution < -0.4 is 0 Å². The molecule has 0 rings (SSSR count). The molecule has 0 saturated carbocycles. The van der Waals surface area contributed by atoms with Crippen molar-refractivity contribution in [3.05, 3.63) is 12.7 Å². The van der Waals surface area contributed by atoms with E-state index in [4.69, 9.17) is 4.74 Å². The van der Waals surface area contributed by atoms with Gasteiger partial charge in [0.2, 0.25) is 0 Å². The third-order valence-electron chi connectivity index (χ3n) is 2.44. The summed E-state index contributed by atoms with van der Waals surface area (Å²) in [5, 5.41) is 0. The largest absolute Gasteiger partial charge is 0.374 e. The highest BCUT2D eigenvalue weighted by atomic mass is 16.5. The van der Waals surface area contributed by atoms with Gasteiger partial charge >= 0.3 is 0 Å². The molecule has 0 saturated heterocycles. The van der Waals surface area contributed by atoms with Gasteiger partial charge in [0.1, 0.15) is 0 Å². The van der Waals surface area contributed by atoms with Crippen molar-refractivity contribution in [2.45, 2.75) is 64.9 Å². The summed E-state index contributed by atoms with van der Waals surface area (Å²) >= 11 is 0. The predicted molar refractivity (Wildman–Crippen MR) is 63.6 cm³/mol. The summed E-state index contributed by atoms with van der Waals surface area (Å²) in [6, 6.07) is 0. The second kappa shape index (κ2) is 10.8. The molecule has 14 heavy (non-hydrogen) atoms. The Kier molecular flexibility index (Phi) is 10.5. The van der Waals surface area contributed by atoms with Gasteiger partial charge < -0.3 is 4.74 Å². The summed E-state index contributed by atoms with van der Waals surface area (Å²) < 4.78 is 5.69. The number of ether oxygens (including phenoxy) is 1. The van der Waals surface area contributed by atoms with Gasteiger partial charge in [0.25, 0.3) is 0 Å². The van der Waals surface area contributed by atoms with Gasteiger partial charge in [0.15, 0.2) is 0 Å². The van der Waals surface area contributed by atoms with E-state index in [-0.39, 0.29) is 0 Å². The number of hydrogen-bond acceptors (Lipinski definition) is 1. The highest BCUT2D eigenvalue weighted by Crippen LogP contribution is 2.12. The number of hydrogen-bond donors (Lipinski definition) is 0. The van der Waals surface area contributed by atoms with Crippen LogP contribution in [-0.2, 0) is 4.74 Å². The van der Waals surface area contributed by atoms with Gasteiger partial charge in [-0.2, -0.15) is 0 Å². The molecule has 1 heteroatoms. The Morgan fingerprint density at radius 2 is 1.86 bits per heavy atom. The Bertz CT molecular complexity index is 120. The van der Waals surface area contributed by atoms with E-state index in [2.05, 4.69) is 20.4 Å². The molecule has 0 aliphatic heterocycles. The fourth-order valence-electron chi connectivity index (χ4n) is 1.64. The molecule has 0 aliphatic rings. The van der Waals surface area contributed by atoms with Gasteiger partial charge in [-0.25, -0.2) is 0 Å². The van der Waals surface area contributed by atoms with Crippen LogP contribution in [0.1, 0.15) is 58.8 Å². The minimum atomic E-state index is 0.467. The average molecular weight is 198 g/mol. The van der Waals surface area contributed by atoms with Crippen LogP contribution >= 0.6 is 0 Å². The molecular formula is C13H26O. The molecule has 0 spiro atoms. The molecule has 0 aromatic carbocycles. The van der Waals surface area contributed by atoms with E-state index < -0.39 is 0 Å². The first-order chi connectivity index (χ1) is 6.85. The zero-order valence-corrected chi connectivity index (χ0v) is 9.93. The third kappa shape index (κ3) is 8.31. The SMILES string of the molecule is C=CCOC(CCC)CCCCCC. The number of unbranched alkanes of at least 4 members (excludes halogenated alkanes) is 3. The van der Waals surface area contributed by atoms with Gasteiger partial charge in [-0.1, -0.05) is 52.0 Å². The van der Waals surface area contributed by atoms with Gasteiger partial charge in [0, 0.05) is 0 Å². The smallest absolute Gasteiger partial charge is 0.0648 e. The van der Waals surface area contributed by atoms with Crippen LogP contribution in [0.2, 0.25) is 0 Å². The van der Waals surface area contributed by atoms with Crippen molar-refractivity contribution >= 4 is 0 Å². The first-order valence-corrected chi connectivity index (χ1v) is 6.07. The summed E-state index contributed by atoms with van der Waals surface area (Å²) in [5.74, 6) is 0. The van der Waals surface area contributed by atoms with Crippen LogP contribution in [0, 0.1) is 0 Å². The predicted octanol–water partition coefficient (Wildman–Crippen LogP) is 4.33. The molecular weight excluding hydrogens is 172 g/mol. The fourth-order valence-corrected chi connectivity index (χ4v) is 1.64. The van der Waals surface area contributed by atoms with E-state index in [0.29, 0.717) is 12.7 Å². The van der Waals surface area contributed by atoms with Crippen molar-refractivity contribution in [2.24, 2.45) is 0 Å². The molecule has 1 nitrogen and oxygen atoms in total. The summed E-state index contributed by atoms with van der Waals surface area (Å²) in [7, 11) is 0. The molecule has 0 heterocycles. The molecule has 0 fully saturated rings. The van der Waals surface area contributed by atoms with Crippen LogP contribution in [0.25, 0.3) is 0 Å².